The minimum absolute atomic E-state index is 0.0156. The van der Waals surface area contributed by atoms with E-state index in [9.17, 15) is 9.18 Å². The van der Waals surface area contributed by atoms with Gasteiger partial charge in [0.2, 0.25) is 0 Å². The molecule has 0 unspecified atom stereocenters. The quantitative estimate of drug-likeness (QED) is 0.284. The van der Waals surface area contributed by atoms with Crippen LogP contribution in [0.5, 0.6) is 0 Å². The van der Waals surface area contributed by atoms with E-state index in [0.29, 0.717) is 26.2 Å². The van der Waals surface area contributed by atoms with Crippen LogP contribution in [-0.2, 0) is 13.3 Å². The van der Waals surface area contributed by atoms with Crippen LogP contribution in [0.15, 0.2) is 68.0 Å². The third-order valence-electron chi connectivity index (χ3n) is 3.41. The molecule has 0 fully saturated rings. The Morgan fingerprint density at radius 2 is 1.20 bits per heavy atom. The highest BCUT2D eigenvalue weighted by atomic mass is 79.9. The zero-order valence-electron chi connectivity index (χ0n) is 15.2. The normalized spacial score (nSPS) is 9.73. The van der Waals surface area contributed by atoms with Gasteiger partial charge in [0.05, 0.1) is 11.6 Å². The smallest absolute Gasteiger partial charge is 0.151 e. The first-order valence-electron chi connectivity index (χ1n) is 8.16. The molecule has 30 heavy (non-hydrogen) atoms. The molecule has 0 saturated carbocycles. The molecule has 0 aliphatic rings. The standard InChI is InChI=1S/C7H5BrClF.C7H6BrClO.C7H4BrClO/c3*8-6-1-2-7(9)5(3-6)4-10/h1-3H,4H2;1-3,10H,4H2;1-4H. The third kappa shape index (κ3) is 9.77. The molecule has 0 aliphatic heterocycles. The van der Waals surface area contributed by atoms with Crippen molar-refractivity contribution in [3.63, 3.8) is 0 Å². The highest BCUT2D eigenvalue weighted by Gasteiger charge is 1.99. The minimum Gasteiger partial charge on any atom is -0.392 e. The van der Waals surface area contributed by atoms with E-state index in [0.717, 1.165) is 25.3 Å². The lowest BCUT2D eigenvalue weighted by Crippen LogP contribution is -1.83. The van der Waals surface area contributed by atoms with Crippen molar-refractivity contribution in [2.45, 2.75) is 13.3 Å². The number of carbonyl (C=O) groups excluding carboxylic acids is 1. The second kappa shape index (κ2) is 14.6. The Labute approximate surface area is 214 Å². The summed E-state index contributed by atoms with van der Waals surface area (Å²) in [4.78, 5) is 10.3. The van der Waals surface area contributed by atoms with Crippen LogP contribution in [0.25, 0.3) is 0 Å². The summed E-state index contributed by atoms with van der Waals surface area (Å²) in [5.74, 6) is 0. The lowest BCUT2D eigenvalue weighted by atomic mass is 10.2. The van der Waals surface area contributed by atoms with E-state index >= 15 is 0 Å². The van der Waals surface area contributed by atoms with Gasteiger partial charge in [0.15, 0.2) is 6.29 Å². The molecule has 0 amide bonds. The van der Waals surface area contributed by atoms with E-state index in [-0.39, 0.29) is 6.61 Å². The minimum atomic E-state index is -0.516. The molecular weight excluding hydrogens is 649 g/mol. The molecule has 1 N–H and O–H groups in total. The first kappa shape index (κ1) is 27.6. The summed E-state index contributed by atoms with van der Waals surface area (Å²) in [5, 5.41) is 10.3. The largest absolute Gasteiger partial charge is 0.392 e. The molecule has 0 heterocycles. The second-order valence-electron chi connectivity index (χ2n) is 5.55. The maximum absolute atomic E-state index is 12.1. The lowest BCUT2D eigenvalue weighted by Gasteiger charge is -1.98. The Morgan fingerprint density at radius 1 is 0.767 bits per heavy atom. The molecule has 2 nitrogen and oxygen atoms in total. The van der Waals surface area contributed by atoms with Crippen molar-refractivity contribution in [3.8, 4) is 0 Å². The molecule has 3 aromatic rings. The van der Waals surface area contributed by atoms with Crippen LogP contribution in [0.2, 0.25) is 15.1 Å². The van der Waals surface area contributed by atoms with Crippen LogP contribution in [0.1, 0.15) is 21.5 Å². The monoisotopic (exact) mass is 660 g/mol. The van der Waals surface area contributed by atoms with Gasteiger partial charge >= 0.3 is 0 Å². The SMILES string of the molecule is FCc1cc(Br)ccc1Cl.O=Cc1cc(Br)ccc1Cl.OCc1cc(Br)ccc1Cl. The van der Waals surface area contributed by atoms with Crippen molar-refractivity contribution in [3.05, 3.63) is 99.8 Å². The second-order valence-corrected chi connectivity index (χ2v) is 9.52. The van der Waals surface area contributed by atoms with Crippen LogP contribution >= 0.6 is 82.6 Å². The zero-order chi connectivity index (χ0) is 22.7. The molecule has 0 aliphatic carbocycles. The number of rotatable bonds is 3. The summed E-state index contributed by atoms with van der Waals surface area (Å²) in [6.07, 6.45) is 0.729. The summed E-state index contributed by atoms with van der Waals surface area (Å²) in [7, 11) is 0. The van der Waals surface area contributed by atoms with Crippen LogP contribution in [-0.4, -0.2) is 11.4 Å². The molecule has 3 aromatic carbocycles. The number of aliphatic hydroxyl groups excluding tert-OH is 1. The van der Waals surface area contributed by atoms with Crippen molar-refractivity contribution >= 4 is 88.9 Å². The predicted octanol–water partition coefficient (Wildman–Crippen LogP) is 9.08. The van der Waals surface area contributed by atoms with Gasteiger partial charge in [0.25, 0.3) is 0 Å². The lowest BCUT2D eigenvalue weighted by molar-refractivity contribution is 0.112. The molecule has 0 saturated heterocycles. The molecule has 0 bridgehead atoms. The molecule has 160 valence electrons. The van der Waals surface area contributed by atoms with Crippen LogP contribution < -0.4 is 0 Å². The highest BCUT2D eigenvalue weighted by molar-refractivity contribution is 9.11. The Balaban J connectivity index is 0.000000225. The van der Waals surface area contributed by atoms with Crippen LogP contribution in [0.3, 0.4) is 0 Å². The first-order chi connectivity index (χ1) is 14.2. The van der Waals surface area contributed by atoms with E-state index in [2.05, 4.69) is 47.8 Å². The van der Waals surface area contributed by atoms with E-state index in [1.807, 2.05) is 6.07 Å². The van der Waals surface area contributed by atoms with E-state index in [1.54, 1.807) is 48.5 Å². The van der Waals surface area contributed by atoms with Crippen molar-refractivity contribution in [1.82, 2.24) is 0 Å². The zero-order valence-corrected chi connectivity index (χ0v) is 22.2. The molecular formula is C21H15Br3Cl3FO2. The topological polar surface area (TPSA) is 37.3 Å². The Bertz CT molecular complexity index is 936. The van der Waals surface area contributed by atoms with Gasteiger partial charge in [-0.25, -0.2) is 4.39 Å². The Kier molecular flexibility index (Phi) is 13.4. The number of aliphatic hydroxyl groups is 1. The van der Waals surface area contributed by atoms with E-state index in [1.165, 1.54) is 0 Å². The van der Waals surface area contributed by atoms with Gasteiger partial charge in [-0.05, 0) is 60.2 Å². The Morgan fingerprint density at radius 3 is 1.57 bits per heavy atom. The van der Waals surface area contributed by atoms with Crippen molar-refractivity contribution in [1.29, 1.82) is 0 Å². The molecule has 0 radical (unpaired) electrons. The summed E-state index contributed by atoms with van der Waals surface area (Å²) in [6, 6.07) is 15.6. The average molecular weight is 664 g/mol. The summed E-state index contributed by atoms with van der Waals surface area (Å²) >= 11 is 26.7. The van der Waals surface area contributed by atoms with Gasteiger partial charge in [0.1, 0.15) is 6.67 Å². The molecule has 0 aromatic heterocycles. The fourth-order valence-electron chi connectivity index (χ4n) is 1.92. The summed E-state index contributed by atoms with van der Waals surface area (Å²) in [5.41, 5.74) is 1.78. The van der Waals surface area contributed by atoms with Crippen molar-refractivity contribution < 1.29 is 14.3 Å². The third-order valence-corrected chi connectivity index (χ3v) is 5.98. The van der Waals surface area contributed by atoms with Crippen LogP contribution in [0, 0.1) is 0 Å². The van der Waals surface area contributed by atoms with Crippen molar-refractivity contribution in [2.24, 2.45) is 0 Å². The summed E-state index contributed by atoms with van der Waals surface area (Å²) < 4.78 is 14.7. The fraction of sp³-hybridized carbons (Fsp3) is 0.0952. The number of halogens is 7. The van der Waals surface area contributed by atoms with Gasteiger partial charge in [-0.1, -0.05) is 82.6 Å². The molecule has 9 heteroatoms. The maximum atomic E-state index is 12.1. The predicted molar refractivity (Wildman–Crippen MR) is 134 cm³/mol. The number of benzene rings is 3. The number of hydrogen-bond donors (Lipinski definition) is 1. The number of alkyl halides is 1. The maximum Gasteiger partial charge on any atom is 0.151 e. The number of aldehydes is 1. The number of hydrogen-bond acceptors (Lipinski definition) is 2. The van der Waals surface area contributed by atoms with Crippen molar-refractivity contribution in [2.75, 3.05) is 0 Å². The average Bonchev–Trinajstić information content (AvgIpc) is 2.74. The summed E-state index contributed by atoms with van der Waals surface area (Å²) in [6.45, 7) is -0.531. The van der Waals surface area contributed by atoms with E-state index in [4.69, 9.17) is 39.9 Å². The first-order valence-corrected chi connectivity index (χ1v) is 11.7. The molecule has 0 atom stereocenters. The number of carbonyl (C=O) groups is 1. The van der Waals surface area contributed by atoms with Crippen LogP contribution in [0.4, 0.5) is 4.39 Å². The van der Waals surface area contributed by atoms with Gasteiger partial charge in [-0.15, -0.1) is 0 Å². The van der Waals surface area contributed by atoms with E-state index < -0.39 is 6.67 Å². The van der Waals surface area contributed by atoms with Gasteiger partial charge in [0, 0.05) is 34.6 Å². The van der Waals surface area contributed by atoms with Gasteiger partial charge in [-0.2, -0.15) is 0 Å². The molecule has 0 spiro atoms. The highest BCUT2D eigenvalue weighted by Crippen LogP contribution is 2.22. The molecule has 3 rings (SSSR count). The van der Waals surface area contributed by atoms with Gasteiger partial charge in [-0.3, -0.25) is 4.79 Å². The Hall–Kier alpha value is -0.470. The fourth-order valence-corrected chi connectivity index (χ4v) is 3.62. The van der Waals surface area contributed by atoms with Gasteiger partial charge < -0.3 is 5.11 Å².